The van der Waals surface area contributed by atoms with Crippen molar-refractivity contribution in [3.8, 4) is 45.4 Å². The van der Waals surface area contributed by atoms with Crippen LogP contribution in [0.1, 0.15) is 124 Å². The van der Waals surface area contributed by atoms with E-state index >= 15 is 4.79 Å². The summed E-state index contributed by atoms with van der Waals surface area (Å²) in [6.07, 6.45) is 24.2. The van der Waals surface area contributed by atoms with E-state index in [0.717, 1.165) is 99.5 Å². The second-order valence-corrected chi connectivity index (χ2v) is 25.1. The van der Waals surface area contributed by atoms with Crippen molar-refractivity contribution in [2.24, 2.45) is 5.92 Å². The molecular weight excluding hydrogens is 1350 g/mol. The molecule has 0 saturated heterocycles. The molecule has 2 atom stereocenters. The Labute approximate surface area is 620 Å². The number of phenols is 1. The summed E-state index contributed by atoms with van der Waals surface area (Å²) >= 11 is 0. The summed E-state index contributed by atoms with van der Waals surface area (Å²) in [6.45, 7) is 22.1. The van der Waals surface area contributed by atoms with Gasteiger partial charge in [-0.1, -0.05) is 61.8 Å². The standard InChI is InChI=1S/C50H53N7O4.C28H25N7O.CH2BNO.Y/c1-8-9-10-12-36-24-45(58)47(42-23-32(4)14-17-41(42)31(2)3)46(25-36)61-50(60)57(49-52-20-18-43(55-49)38-13-11-19-51-28-38)44-26-37(16-15-34(44)6)48(59)54-39-21-33(5)22-40(27-39)56-29-35(7)53-30-56;1-18-11-23(14-24(12-18)35-16-20(3)31-17-35)32-27(36)21-7-6-19(2)26(13-21)34-28-30-10-8-25(33-28)22-5-4-9-29-15-22;2-1(3)4;/h11,13,15-16,18-30,41-42,58H,2,8-10,12,14,17H2,1,3-7H3,(H,54,59);4-17H,1-3H3,(H2,30,32,33,34,36);(H2,3,4);/p-1. The molecule has 23 heteroatoms. The van der Waals surface area contributed by atoms with Gasteiger partial charge in [-0.25, -0.2) is 29.6 Å². The predicted octanol–water partition coefficient (Wildman–Crippen LogP) is 17.6. The molecule has 1 aliphatic rings. The fourth-order valence-electron chi connectivity index (χ4n) is 11.8. The average Bonchev–Trinajstić information content (AvgIpc) is 0.974. The molecular formula is C79H79BN15O6Y-. The number of hydrogen-bond donors (Lipinski definition) is 5. The number of ether oxygens (including phenoxy) is 1. The number of benzene rings is 5. The number of carbonyl (C=O) groups excluding carboxylic acids is 3. The third-order valence-corrected chi connectivity index (χ3v) is 16.8. The molecule has 12 rings (SSSR count). The number of aliphatic hydroxyl groups excluding tert-OH is 1. The van der Waals surface area contributed by atoms with Crippen LogP contribution in [0.5, 0.6) is 11.5 Å². The van der Waals surface area contributed by atoms with Gasteiger partial charge in [0.05, 0.1) is 35.4 Å². The molecule has 0 saturated carbocycles. The number of pyridine rings is 2. The minimum absolute atomic E-state index is 0. The first kappa shape index (κ1) is 75.1. The molecule has 21 nitrogen and oxygen atoms in total. The Balaban J connectivity index is 0.000000250. The molecule has 6 heterocycles. The van der Waals surface area contributed by atoms with Crippen molar-refractivity contribution in [1.82, 2.24) is 49.0 Å². The fraction of sp³-hybridized carbons (Fsp3) is 0.215. The molecule has 0 spiro atoms. The Morgan fingerprint density at radius 1 is 0.706 bits per heavy atom. The van der Waals surface area contributed by atoms with Gasteiger partial charge in [-0.15, -0.1) is 0 Å². The molecule has 513 valence electrons. The molecule has 5 aromatic carbocycles. The van der Waals surface area contributed by atoms with Crippen LogP contribution in [0.15, 0.2) is 207 Å². The fourth-order valence-corrected chi connectivity index (χ4v) is 11.8. The topological polar surface area (TPSA) is 279 Å². The molecule has 6 aromatic heterocycles. The SMILES string of the molecule is C=C(C)C1CCC(C)=CC1c1c(O)cc(CCCCC)cc1OC(=O)N(c1nccc(-c2cccnc2)n1)c1cc(C(=O)Nc2cc(C)cc(-n3cnc(C)c3)c2)ccc1C.Cc1cc(NC(=O)c2ccc(C)c([N-]c3nccc(-c4cccnc4)n3)c2)cc(-n2cnc(C)c2)c1.[B]C(=N)O.[Y]. The predicted molar refractivity (Wildman–Crippen MR) is 397 cm³/mol. The van der Waals surface area contributed by atoms with Gasteiger partial charge >= 0.3 is 6.09 Å². The average molecular weight is 1430 g/mol. The van der Waals surface area contributed by atoms with E-state index in [9.17, 15) is 14.7 Å². The van der Waals surface area contributed by atoms with Crippen molar-refractivity contribution in [3.05, 3.63) is 269 Å². The molecule has 102 heavy (non-hydrogen) atoms. The summed E-state index contributed by atoms with van der Waals surface area (Å²) in [7, 11) is 4.25. The van der Waals surface area contributed by atoms with Gasteiger partial charge in [0.2, 0.25) is 5.95 Å². The molecule has 0 bridgehead atoms. The third kappa shape index (κ3) is 19.7. The summed E-state index contributed by atoms with van der Waals surface area (Å²) in [6, 6.07) is 36.9. The monoisotopic (exact) mass is 1430 g/mol. The van der Waals surface area contributed by atoms with Crippen LogP contribution in [0.3, 0.4) is 0 Å². The number of aryl methyl sites for hydroxylation is 7. The number of rotatable bonds is 19. The third-order valence-electron chi connectivity index (χ3n) is 16.8. The zero-order valence-corrected chi connectivity index (χ0v) is 61.4. The Hall–Kier alpha value is -11.1. The number of hydrogen-bond acceptors (Lipinski definition) is 14. The number of phenolic OH excluding ortho intramolecular Hbond substituents is 1. The summed E-state index contributed by atoms with van der Waals surface area (Å²) < 4.78 is 10.3. The minimum Gasteiger partial charge on any atom is -0.507 e. The van der Waals surface area contributed by atoms with Gasteiger partial charge < -0.3 is 50.0 Å². The molecule has 5 N–H and O–H groups in total. The first-order valence-corrected chi connectivity index (χ1v) is 33.1. The van der Waals surface area contributed by atoms with Crippen molar-refractivity contribution >= 4 is 66.2 Å². The molecule has 0 fully saturated rings. The number of aromatic nitrogens is 10. The first-order valence-electron chi connectivity index (χ1n) is 33.1. The number of amides is 3. The number of imidazole rings is 2. The van der Waals surface area contributed by atoms with Crippen LogP contribution in [0.4, 0.5) is 39.4 Å². The summed E-state index contributed by atoms with van der Waals surface area (Å²) in [4.78, 5) is 78.9. The summed E-state index contributed by atoms with van der Waals surface area (Å²) in [5.74, 6) is -1.02. The van der Waals surface area contributed by atoms with Gasteiger partial charge in [0.25, 0.3) is 11.8 Å². The molecule has 3 amide bonds. The van der Waals surface area contributed by atoms with Gasteiger partial charge in [-0.05, 0) is 230 Å². The number of nitrogens with one attached hydrogen (secondary N) is 3. The van der Waals surface area contributed by atoms with Crippen molar-refractivity contribution in [2.75, 3.05) is 15.5 Å². The van der Waals surface area contributed by atoms with Crippen molar-refractivity contribution in [2.45, 2.75) is 107 Å². The number of aliphatic hydroxyl groups is 1. The van der Waals surface area contributed by atoms with Crippen molar-refractivity contribution in [1.29, 1.82) is 5.41 Å². The number of allylic oxidation sites excluding steroid dienone is 3. The van der Waals surface area contributed by atoms with Crippen LogP contribution >= 0.6 is 0 Å². The van der Waals surface area contributed by atoms with Crippen LogP contribution in [0.25, 0.3) is 39.2 Å². The van der Waals surface area contributed by atoms with Gasteiger partial charge in [0.1, 0.15) is 17.3 Å². The van der Waals surface area contributed by atoms with Crippen molar-refractivity contribution in [3.63, 3.8) is 0 Å². The Morgan fingerprint density at radius 3 is 1.82 bits per heavy atom. The van der Waals surface area contributed by atoms with E-state index < -0.39 is 11.9 Å². The van der Waals surface area contributed by atoms with Crippen LogP contribution in [0.2, 0.25) is 0 Å². The van der Waals surface area contributed by atoms with E-state index in [0.29, 0.717) is 63.1 Å². The maximum atomic E-state index is 15.1. The van der Waals surface area contributed by atoms with Crippen LogP contribution in [0, 0.1) is 52.9 Å². The molecule has 0 aliphatic heterocycles. The first-order chi connectivity index (χ1) is 48.5. The zero-order chi connectivity index (χ0) is 71.9. The van der Waals surface area contributed by atoms with E-state index in [4.69, 9.17) is 20.2 Å². The molecule has 11 aromatic rings. The second kappa shape index (κ2) is 34.8. The van der Waals surface area contributed by atoms with Gasteiger partial charge in [0.15, 0.2) is 7.85 Å². The van der Waals surface area contributed by atoms with E-state index in [1.807, 2.05) is 149 Å². The minimum atomic E-state index is -0.833. The van der Waals surface area contributed by atoms with Crippen LogP contribution in [-0.2, 0) is 39.1 Å². The Morgan fingerprint density at radius 2 is 1.27 bits per heavy atom. The number of unbranched alkanes of at least 4 members (excludes halogenated alkanes) is 2. The van der Waals surface area contributed by atoms with Crippen LogP contribution in [-0.4, -0.2) is 90.8 Å². The molecule has 1 aliphatic carbocycles. The number of anilines is 4. The van der Waals surface area contributed by atoms with Crippen molar-refractivity contribution < 1.29 is 62.0 Å². The normalized spacial score (nSPS) is 12.9. The largest absolute Gasteiger partial charge is 0.507 e. The van der Waals surface area contributed by atoms with E-state index in [2.05, 4.69) is 85.2 Å². The smallest absolute Gasteiger partial charge is 0.426 e. The second-order valence-electron chi connectivity index (χ2n) is 25.1. The quantitative estimate of drug-likeness (QED) is 0.0166. The maximum absolute atomic E-state index is 15.1. The van der Waals surface area contributed by atoms with E-state index in [1.54, 1.807) is 92.3 Å². The zero-order valence-electron chi connectivity index (χ0n) is 58.6. The van der Waals surface area contributed by atoms with Gasteiger partial charge in [-0.2, -0.15) is 0 Å². The molecule has 2 unspecified atom stereocenters. The maximum Gasteiger partial charge on any atom is 0.426 e. The number of aromatic hydroxyl groups is 1. The Bertz CT molecular complexity index is 4870. The van der Waals surface area contributed by atoms with Gasteiger partial charge in [0, 0.05) is 144 Å². The summed E-state index contributed by atoms with van der Waals surface area (Å²) in [5, 5.41) is 35.8. The number of nitrogens with zero attached hydrogens (tertiary/aromatic N) is 12. The molecule has 3 radical (unpaired) electrons. The Kier molecular flexibility index (Phi) is 25.6. The number of carbonyl (C=O) groups is 3. The van der Waals surface area contributed by atoms with Gasteiger partial charge in [-0.3, -0.25) is 25.0 Å². The van der Waals surface area contributed by atoms with E-state index in [-0.39, 0.29) is 73.8 Å². The summed E-state index contributed by atoms with van der Waals surface area (Å²) in [5.41, 5.74) is 16.7. The van der Waals surface area contributed by atoms with Crippen LogP contribution < -0.4 is 20.3 Å². The van der Waals surface area contributed by atoms with E-state index in [1.165, 1.54) is 10.5 Å².